The molecule has 0 amide bonds. The summed E-state index contributed by atoms with van der Waals surface area (Å²) in [6.45, 7) is 7.86. The van der Waals surface area contributed by atoms with Gasteiger partial charge >= 0.3 is 5.97 Å². The third kappa shape index (κ3) is 9.39. The monoisotopic (exact) mass is 538 g/mol. The van der Waals surface area contributed by atoms with Crippen molar-refractivity contribution in [2.75, 3.05) is 18.5 Å². The lowest BCUT2D eigenvalue weighted by Crippen LogP contribution is -2.07. The van der Waals surface area contributed by atoms with Crippen LogP contribution >= 0.6 is 11.8 Å². The zero-order valence-corrected chi connectivity index (χ0v) is 24.1. The Bertz CT molecular complexity index is 1130. The Morgan fingerprint density at radius 2 is 1.76 bits per heavy atom. The van der Waals surface area contributed by atoms with Gasteiger partial charge < -0.3 is 19.4 Å². The van der Waals surface area contributed by atoms with Gasteiger partial charge in [0.1, 0.15) is 11.6 Å². The van der Waals surface area contributed by atoms with E-state index in [1.807, 2.05) is 31.2 Å². The van der Waals surface area contributed by atoms with Gasteiger partial charge in [-0.3, -0.25) is 4.79 Å². The molecule has 38 heavy (non-hydrogen) atoms. The fourth-order valence-electron chi connectivity index (χ4n) is 4.05. The van der Waals surface area contributed by atoms with Gasteiger partial charge in [0.15, 0.2) is 5.16 Å². The van der Waals surface area contributed by atoms with Crippen LogP contribution in [0.15, 0.2) is 52.5 Å². The fraction of sp³-hybridized carbons (Fsp3) is 0.500. The average molecular weight is 539 g/mol. The second-order valence-corrected chi connectivity index (χ2v) is 10.4. The van der Waals surface area contributed by atoms with E-state index in [9.17, 15) is 4.79 Å². The van der Waals surface area contributed by atoms with Crippen molar-refractivity contribution < 1.29 is 14.3 Å². The van der Waals surface area contributed by atoms with Crippen molar-refractivity contribution in [1.82, 2.24) is 14.8 Å². The molecule has 0 radical (unpaired) electrons. The van der Waals surface area contributed by atoms with E-state index in [0.29, 0.717) is 19.8 Å². The number of benzene rings is 2. The lowest BCUT2D eigenvalue weighted by atomic mass is 10.1. The maximum Gasteiger partial charge on any atom is 0.310 e. The molecule has 1 aromatic heterocycles. The fourth-order valence-corrected chi connectivity index (χ4v) is 4.89. The van der Waals surface area contributed by atoms with E-state index in [1.54, 1.807) is 11.8 Å². The molecule has 0 unspecified atom stereocenters. The summed E-state index contributed by atoms with van der Waals surface area (Å²) in [6, 6.07) is 14.2. The number of ether oxygens (including phenoxy) is 2. The van der Waals surface area contributed by atoms with Crippen molar-refractivity contribution in [1.29, 1.82) is 0 Å². The molecule has 0 spiro atoms. The van der Waals surface area contributed by atoms with Gasteiger partial charge in [0.05, 0.1) is 19.6 Å². The molecule has 0 saturated heterocycles. The first-order valence-electron chi connectivity index (χ1n) is 13.8. The molecule has 0 aliphatic carbocycles. The molecule has 0 aliphatic heterocycles. The van der Waals surface area contributed by atoms with Crippen LogP contribution in [0.5, 0.6) is 5.75 Å². The molecule has 3 rings (SSSR count). The van der Waals surface area contributed by atoms with Gasteiger partial charge in [-0.15, -0.1) is 10.2 Å². The number of hydrogen-bond donors (Lipinski definition) is 1. The molecular weight excluding hydrogens is 496 g/mol. The number of nitrogens with zero attached hydrogens (tertiary/aromatic N) is 3. The summed E-state index contributed by atoms with van der Waals surface area (Å²) in [6.07, 6.45) is 8.44. The first kappa shape index (κ1) is 29.6. The highest BCUT2D eigenvalue weighted by Gasteiger charge is 2.13. The topological polar surface area (TPSA) is 78.3 Å². The molecule has 206 valence electrons. The Morgan fingerprint density at radius 3 is 2.50 bits per heavy atom. The van der Waals surface area contributed by atoms with Crippen LogP contribution in [0, 0.1) is 0 Å². The molecule has 2 aromatic carbocycles. The van der Waals surface area contributed by atoms with Crippen molar-refractivity contribution >= 4 is 23.4 Å². The van der Waals surface area contributed by atoms with Gasteiger partial charge in [-0.1, -0.05) is 57.7 Å². The molecule has 1 heterocycles. The van der Waals surface area contributed by atoms with E-state index in [-0.39, 0.29) is 12.4 Å². The Labute approximate surface area is 231 Å². The molecular formula is C30H42N4O3S. The maximum atomic E-state index is 11.7. The van der Waals surface area contributed by atoms with Crippen LogP contribution in [-0.2, 0) is 36.0 Å². The highest BCUT2D eigenvalue weighted by Crippen LogP contribution is 2.32. The van der Waals surface area contributed by atoms with Crippen LogP contribution in [0.1, 0.15) is 76.2 Å². The number of aryl methyl sites for hydroxylation is 1. The number of carbonyl (C=O) groups is 1. The number of carbonyl (C=O) groups excluding carboxylic acids is 1. The SMILES string of the molecule is CCCCCCCc1nnc(Sc2ccc(CNc3ccc(CC(=O)OCC)cc3)c(OCCC)c2)n1C. The molecule has 7 nitrogen and oxygen atoms in total. The summed E-state index contributed by atoms with van der Waals surface area (Å²) in [5, 5.41) is 13.2. The summed E-state index contributed by atoms with van der Waals surface area (Å²) < 4.78 is 13.3. The molecule has 0 saturated carbocycles. The Hall–Kier alpha value is -3.00. The van der Waals surface area contributed by atoms with Crippen LogP contribution < -0.4 is 10.1 Å². The van der Waals surface area contributed by atoms with Gasteiger partial charge in [-0.05, 0) is 61.4 Å². The largest absolute Gasteiger partial charge is 0.493 e. The molecule has 0 fully saturated rings. The first-order valence-corrected chi connectivity index (χ1v) is 14.7. The zero-order chi connectivity index (χ0) is 27.2. The lowest BCUT2D eigenvalue weighted by molar-refractivity contribution is -0.142. The molecule has 0 bridgehead atoms. The van der Waals surface area contributed by atoms with Gasteiger partial charge in [-0.2, -0.15) is 0 Å². The third-order valence-corrected chi connectivity index (χ3v) is 7.26. The normalized spacial score (nSPS) is 10.9. The summed E-state index contributed by atoms with van der Waals surface area (Å²) in [7, 11) is 2.05. The van der Waals surface area contributed by atoms with Crippen LogP contribution in [0.4, 0.5) is 5.69 Å². The minimum atomic E-state index is -0.205. The Kier molecular flexibility index (Phi) is 12.5. The number of esters is 1. The summed E-state index contributed by atoms with van der Waals surface area (Å²) in [5.41, 5.74) is 3.01. The van der Waals surface area contributed by atoms with Crippen molar-refractivity contribution in [3.63, 3.8) is 0 Å². The number of aromatic nitrogens is 3. The molecule has 0 atom stereocenters. The molecule has 1 N–H and O–H groups in total. The van der Waals surface area contributed by atoms with Crippen LogP contribution in [0.2, 0.25) is 0 Å². The van der Waals surface area contributed by atoms with Crippen molar-refractivity contribution in [2.45, 2.75) is 88.7 Å². The quantitative estimate of drug-likeness (QED) is 0.147. The van der Waals surface area contributed by atoms with Crippen molar-refractivity contribution in [3.05, 3.63) is 59.4 Å². The molecule has 0 aliphatic rings. The van der Waals surface area contributed by atoms with Crippen molar-refractivity contribution in [2.24, 2.45) is 7.05 Å². The smallest absolute Gasteiger partial charge is 0.310 e. The number of anilines is 1. The summed E-state index contributed by atoms with van der Waals surface area (Å²) in [5.74, 6) is 1.71. The lowest BCUT2D eigenvalue weighted by Gasteiger charge is -2.14. The maximum absolute atomic E-state index is 11.7. The van der Waals surface area contributed by atoms with E-state index in [4.69, 9.17) is 9.47 Å². The van der Waals surface area contributed by atoms with Gasteiger partial charge in [0.2, 0.25) is 0 Å². The Morgan fingerprint density at radius 1 is 0.974 bits per heavy atom. The number of hydrogen-bond acceptors (Lipinski definition) is 7. The number of rotatable bonds is 17. The third-order valence-electron chi connectivity index (χ3n) is 6.23. The summed E-state index contributed by atoms with van der Waals surface area (Å²) in [4.78, 5) is 12.8. The van der Waals surface area contributed by atoms with E-state index < -0.39 is 0 Å². The highest BCUT2D eigenvalue weighted by molar-refractivity contribution is 7.99. The van der Waals surface area contributed by atoms with Crippen molar-refractivity contribution in [3.8, 4) is 5.75 Å². The van der Waals surface area contributed by atoms with Crippen LogP contribution in [-0.4, -0.2) is 33.9 Å². The minimum absolute atomic E-state index is 0.205. The second kappa shape index (κ2) is 16.1. The highest BCUT2D eigenvalue weighted by atomic mass is 32.2. The zero-order valence-electron chi connectivity index (χ0n) is 23.3. The van der Waals surface area contributed by atoms with Gasteiger partial charge in [0.25, 0.3) is 0 Å². The van der Waals surface area contributed by atoms with Gasteiger partial charge in [0, 0.05) is 36.2 Å². The minimum Gasteiger partial charge on any atom is -0.493 e. The predicted octanol–water partition coefficient (Wildman–Crippen LogP) is 6.99. The average Bonchev–Trinajstić information content (AvgIpc) is 3.26. The van der Waals surface area contributed by atoms with Crippen LogP contribution in [0.3, 0.4) is 0 Å². The van der Waals surface area contributed by atoms with Crippen LogP contribution in [0.25, 0.3) is 0 Å². The molecule has 8 heteroatoms. The number of nitrogens with one attached hydrogen (secondary N) is 1. The first-order chi connectivity index (χ1) is 18.5. The van der Waals surface area contributed by atoms with E-state index in [0.717, 1.165) is 57.7 Å². The number of unbranched alkanes of at least 4 members (excludes halogenated alkanes) is 4. The van der Waals surface area contributed by atoms with E-state index >= 15 is 0 Å². The second-order valence-electron chi connectivity index (χ2n) is 9.37. The van der Waals surface area contributed by atoms with E-state index in [1.165, 1.54) is 25.7 Å². The predicted molar refractivity (Wildman–Crippen MR) is 154 cm³/mol. The Balaban J connectivity index is 1.61. The summed E-state index contributed by atoms with van der Waals surface area (Å²) >= 11 is 1.61. The van der Waals surface area contributed by atoms with E-state index in [2.05, 4.69) is 59.2 Å². The van der Waals surface area contributed by atoms with Gasteiger partial charge in [-0.25, -0.2) is 0 Å². The standard InChI is InChI=1S/C30H42N4O3S/c1-5-8-9-10-11-12-28-32-33-30(34(28)4)38-26-18-15-24(27(21-26)37-19-6-2)22-31-25-16-13-23(14-17-25)20-29(35)36-7-3/h13-18,21,31H,5-12,19-20,22H2,1-4H3. The molecule has 3 aromatic rings.